The molecule has 0 atom stereocenters. The van der Waals surface area contributed by atoms with Crippen molar-refractivity contribution in [2.24, 2.45) is 0 Å². The molecular weight excluding hydrogens is 432 g/mol. The van der Waals surface area contributed by atoms with Crippen molar-refractivity contribution in [3.8, 4) is 22.9 Å². The van der Waals surface area contributed by atoms with Gasteiger partial charge < -0.3 is 4.57 Å². The third kappa shape index (κ3) is 2.69. The van der Waals surface area contributed by atoms with Crippen LogP contribution in [0.25, 0.3) is 58.8 Å². The molecule has 0 aliphatic carbocycles. The first-order valence-electron chi connectivity index (χ1n) is 11.1. The average Bonchev–Trinajstić information content (AvgIpc) is 3.43. The molecule has 156 valence electrons. The number of thiophene rings is 1. The molecule has 0 saturated carbocycles. The molecule has 0 spiro atoms. The number of benzene rings is 4. The van der Waals surface area contributed by atoms with Crippen molar-refractivity contribution in [1.29, 1.82) is 5.26 Å². The Bertz CT molecular complexity index is 1930. The van der Waals surface area contributed by atoms with Crippen LogP contribution in [0.1, 0.15) is 5.56 Å². The highest BCUT2D eigenvalue weighted by atomic mass is 32.1. The van der Waals surface area contributed by atoms with Gasteiger partial charge >= 0.3 is 0 Å². The van der Waals surface area contributed by atoms with Gasteiger partial charge in [-0.1, -0.05) is 54.6 Å². The number of nitriles is 1. The van der Waals surface area contributed by atoms with E-state index >= 15 is 0 Å². The Labute approximate surface area is 200 Å². The lowest BCUT2D eigenvalue weighted by Gasteiger charge is -2.14. The molecule has 0 N–H and O–H groups in total. The van der Waals surface area contributed by atoms with Crippen molar-refractivity contribution in [3.05, 3.63) is 115 Å². The van der Waals surface area contributed by atoms with Gasteiger partial charge in [-0.2, -0.15) is 5.26 Å². The topological polar surface area (TPSA) is 28.7 Å². The van der Waals surface area contributed by atoms with Crippen molar-refractivity contribution in [2.45, 2.75) is 0 Å². The number of aromatic nitrogens is 1. The van der Waals surface area contributed by atoms with Gasteiger partial charge in [0.1, 0.15) is 0 Å². The lowest BCUT2D eigenvalue weighted by Crippen LogP contribution is -1.97. The third-order valence-electron chi connectivity index (χ3n) is 6.49. The van der Waals surface area contributed by atoms with Crippen LogP contribution in [0.3, 0.4) is 0 Å². The van der Waals surface area contributed by atoms with Gasteiger partial charge in [0, 0.05) is 31.1 Å². The molecular formula is C31H16N2S. The van der Waals surface area contributed by atoms with Gasteiger partial charge in [-0.05, 0) is 60.2 Å². The number of para-hydroxylation sites is 2. The minimum Gasteiger partial charge on any atom is -0.309 e. The average molecular weight is 449 g/mol. The van der Waals surface area contributed by atoms with Crippen molar-refractivity contribution < 1.29 is 0 Å². The summed E-state index contributed by atoms with van der Waals surface area (Å²) < 4.78 is 4.81. The minimum atomic E-state index is 0.673. The first-order valence-corrected chi connectivity index (χ1v) is 11.9. The molecule has 0 aliphatic heterocycles. The Hall–Kier alpha value is -4.57. The van der Waals surface area contributed by atoms with Gasteiger partial charge in [-0.3, -0.25) is 0 Å². The second-order valence-corrected chi connectivity index (χ2v) is 9.45. The Morgan fingerprint density at radius 3 is 2.53 bits per heavy atom. The van der Waals surface area contributed by atoms with Crippen LogP contribution in [0.2, 0.25) is 0 Å². The first-order chi connectivity index (χ1) is 16.8. The van der Waals surface area contributed by atoms with Gasteiger partial charge in [0.05, 0.1) is 33.7 Å². The number of fused-ring (bicyclic) bond motifs is 6. The Balaban J connectivity index is 1.54. The predicted octanol–water partition coefficient (Wildman–Crippen LogP) is 8.29. The summed E-state index contributed by atoms with van der Waals surface area (Å²) in [4.78, 5) is 0. The largest absolute Gasteiger partial charge is 0.309 e. The molecule has 0 aliphatic rings. The molecule has 0 unspecified atom stereocenters. The molecule has 0 bridgehead atoms. The minimum absolute atomic E-state index is 0.673. The third-order valence-corrected chi connectivity index (χ3v) is 7.62. The van der Waals surface area contributed by atoms with Gasteiger partial charge in [-0.25, -0.2) is 0 Å². The van der Waals surface area contributed by atoms with Crippen LogP contribution in [0.5, 0.6) is 0 Å². The number of nitrogens with zero attached hydrogens (tertiary/aromatic N) is 2. The molecule has 2 nitrogen and oxygen atoms in total. The van der Waals surface area contributed by atoms with Crippen LogP contribution < -0.4 is 0 Å². The monoisotopic (exact) mass is 448 g/mol. The lowest BCUT2D eigenvalue weighted by molar-refractivity contribution is 1.18. The van der Waals surface area contributed by atoms with E-state index in [4.69, 9.17) is 0 Å². The normalized spacial score (nSPS) is 11.3. The van der Waals surface area contributed by atoms with Crippen molar-refractivity contribution in [3.63, 3.8) is 0 Å². The summed E-state index contributed by atoms with van der Waals surface area (Å²) in [5, 5.41) is 14.0. The highest BCUT2D eigenvalue weighted by Gasteiger charge is 2.16. The highest BCUT2D eigenvalue weighted by Crippen LogP contribution is 2.39. The maximum absolute atomic E-state index is 9.47. The molecule has 0 fully saturated rings. The summed E-state index contributed by atoms with van der Waals surface area (Å²) in [5.74, 6) is 0. The SMILES string of the molecule is N#Cc1ccc2c(c1)c1ccccc1n2-c1ccccc1-c1ccc2sc3ccc#cc3c2c1. The van der Waals surface area contributed by atoms with E-state index < -0.39 is 0 Å². The smallest absolute Gasteiger partial charge is 0.0991 e. The van der Waals surface area contributed by atoms with Gasteiger partial charge in [0.2, 0.25) is 0 Å². The second kappa shape index (κ2) is 7.22. The van der Waals surface area contributed by atoms with Crippen LogP contribution in [-0.2, 0) is 0 Å². The maximum atomic E-state index is 9.47. The zero-order valence-corrected chi connectivity index (χ0v) is 18.9. The summed E-state index contributed by atoms with van der Waals surface area (Å²) in [7, 11) is 0. The van der Waals surface area contributed by atoms with Crippen LogP contribution >= 0.6 is 11.3 Å². The highest BCUT2D eigenvalue weighted by molar-refractivity contribution is 7.25. The summed E-state index contributed by atoms with van der Waals surface area (Å²) in [6.07, 6.45) is 0. The molecule has 7 rings (SSSR count). The van der Waals surface area contributed by atoms with Gasteiger partial charge in [0.25, 0.3) is 0 Å². The first kappa shape index (κ1) is 18.9. The summed E-state index contributed by atoms with van der Waals surface area (Å²) in [6.45, 7) is 0. The molecule has 7 aromatic rings. The van der Waals surface area contributed by atoms with Crippen molar-refractivity contribution >= 4 is 53.3 Å². The van der Waals surface area contributed by atoms with Crippen LogP contribution in [-0.4, -0.2) is 4.57 Å². The zero-order chi connectivity index (χ0) is 22.6. The Morgan fingerprint density at radius 2 is 1.59 bits per heavy atom. The number of rotatable bonds is 2. The van der Waals surface area contributed by atoms with E-state index in [1.54, 1.807) is 11.3 Å². The van der Waals surface area contributed by atoms with Gasteiger partial charge in [0.15, 0.2) is 0 Å². The number of hydrogen-bond acceptors (Lipinski definition) is 2. The van der Waals surface area contributed by atoms with Crippen molar-refractivity contribution in [2.75, 3.05) is 0 Å². The van der Waals surface area contributed by atoms with E-state index in [0.29, 0.717) is 5.56 Å². The fourth-order valence-electron chi connectivity index (χ4n) is 4.98. The van der Waals surface area contributed by atoms with Crippen LogP contribution in [0, 0.1) is 23.5 Å². The lowest BCUT2D eigenvalue weighted by atomic mass is 10.0. The summed E-state index contributed by atoms with van der Waals surface area (Å²) in [6, 6.07) is 42.3. The molecule has 5 aromatic carbocycles. The molecule has 3 heteroatoms. The Morgan fingerprint density at radius 1 is 0.735 bits per heavy atom. The molecule has 0 amide bonds. The maximum Gasteiger partial charge on any atom is 0.0991 e. The molecule has 0 radical (unpaired) electrons. The van der Waals surface area contributed by atoms with Crippen LogP contribution in [0.4, 0.5) is 0 Å². The fourth-order valence-corrected chi connectivity index (χ4v) is 6.02. The molecule has 2 heterocycles. The van der Waals surface area contributed by atoms with E-state index in [2.05, 4.69) is 102 Å². The fraction of sp³-hybridized carbons (Fsp3) is 0. The quantitative estimate of drug-likeness (QED) is 0.261. The zero-order valence-electron chi connectivity index (χ0n) is 18.0. The Kier molecular flexibility index (Phi) is 4.02. The second-order valence-electron chi connectivity index (χ2n) is 8.37. The van der Waals surface area contributed by atoms with Crippen molar-refractivity contribution in [1.82, 2.24) is 4.57 Å². The van der Waals surface area contributed by atoms with E-state index in [1.807, 2.05) is 18.2 Å². The van der Waals surface area contributed by atoms with E-state index in [0.717, 1.165) is 38.4 Å². The molecule has 34 heavy (non-hydrogen) atoms. The van der Waals surface area contributed by atoms with E-state index in [1.165, 1.54) is 20.3 Å². The molecule has 2 aromatic heterocycles. The number of hydrogen-bond donors (Lipinski definition) is 0. The van der Waals surface area contributed by atoms with E-state index in [-0.39, 0.29) is 0 Å². The standard InChI is InChI=1S/C31H16N2S/c32-19-20-13-15-29-25(17-20)23-8-2-5-11-28(23)33(29)27-10-4-1-7-22(27)21-14-16-31-26(18-21)24-9-3-6-12-30(24)34-31/h1-2,4-8,10-18H. The molecule has 0 saturated heterocycles. The predicted molar refractivity (Wildman–Crippen MR) is 141 cm³/mol. The summed E-state index contributed by atoms with van der Waals surface area (Å²) >= 11 is 1.79. The van der Waals surface area contributed by atoms with Crippen LogP contribution in [0.15, 0.2) is 97.1 Å². The van der Waals surface area contributed by atoms with E-state index in [9.17, 15) is 5.26 Å². The van der Waals surface area contributed by atoms with Gasteiger partial charge in [-0.15, -0.1) is 11.3 Å². The summed E-state index contributed by atoms with van der Waals surface area (Å²) in [5.41, 5.74) is 6.34.